The third-order valence-corrected chi connectivity index (χ3v) is 8.43. The van der Waals surface area contributed by atoms with Gasteiger partial charge in [-0.3, -0.25) is 14.5 Å². The van der Waals surface area contributed by atoms with E-state index in [1.165, 1.54) is 28.0 Å². The van der Waals surface area contributed by atoms with Crippen molar-refractivity contribution >= 4 is 27.5 Å². The molecule has 5 rings (SSSR count). The number of carbonyl (C=O) groups excluding carboxylic acids is 1. The van der Waals surface area contributed by atoms with Gasteiger partial charge in [-0.15, -0.1) is 11.3 Å². The lowest BCUT2D eigenvalue weighted by Crippen LogP contribution is -2.48. The monoisotopic (exact) mass is 478 g/mol. The molecule has 1 aliphatic carbocycles. The molecule has 180 valence electrons. The molecule has 0 saturated carbocycles. The minimum absolute atomic E-state index is 0.00893. The van der Waals surface area contributed by atoms with Crippen LogP contribution in [0.1, 0.15) is 66.4 Å². The van der Waals surface area contributed by atoms with Gasteiger partial charge in [0.05, 0.1) is 11.9 Å². The van der Waals surface area contributed by atoms with Crippen molar-refractivity contribution in [3.05, 3.63) is 62.0 Å². The number of nitrogens with one attached hydrogen (secondary N) is 1. The van der Waals surface area contributed by atoms with Gasteiger partial charge in [0.15, 0.2) is 0 Å². The molecule has 0 bridgehead atoms. The Labute approximate surface area is 205 Å². The van der Waals surface area contributed by atoms with Gasteiger partial charge < -0.3 is 9.88 Å². The van der Waals surface area contributed by atoms with E-state index in [-0.39, 0.29) is 11.5 Å². The summed E-state index contributed by atoms with van der Waals surface area (Å²) in [7, 11) is 0. The number of hydrogen-bond donors (Lipinski definition) is 1. The van der Waals surface area contributed by atoms with Gasteiger partial charge in [0.2, 0.25) is 5.91 Å². The van der Waals surface area contributed by atoms with Crippen LogP contribution in [-0.4, -0.2) is 51.9 Å². The molecular formula is C27H34N4O2S. The molecule has 0 radical (unpaired) electrons. The van der Waals surface area contributed by atoms with Crippen molar-refractivity contribution in [2.24, 2.45) is 0 Å². The molecule has 0 atom stereocenters. The first-order valence-corrected chi connectivity index (χ1v) is 13.4. The second-order valence-electron chi connectivity index (χ2n) is 9.96. The number of thiophene rings is 1. The van der Waals surface area contributed by atoms with Crippen molar-refractivity contribution in [2.45, 2.75) is 64.8 Å². The Balaban J connectivity index is 1.14. The van der Waals surface area contributed by atoms with Gasteiger partial charge in [0, 0.05) is 37.5 Å². The molecule has 1 aliphatic heterocycles. The molecule has 7 heteroatoms. The fourth-order valence-electron chi connectivity index (χ4n) is 5.13. The van der Waals surface area contributed by atoms with Crippen LogP contribution >= 0.6 is 11.3 Å². The molecule has 2 aliphatic rings. The quantitative estimate of drug-likeness (QED) is 0.575. The van der Waals surface area contributed by atoms with Crippen LogP contribution in [0.2, 0.25) is 0 Å². The number of aromatic amines is 1. The Morgan fingerprint density at radius 3 is 2.56 bits per heavy atom. The average Bonchev–Trinajstić information content (AvgIpc) is 3.22. The van der Waals surface area contributed by atoms with Crippen molar-refractivity contribution < 1.29 is 4.79 Å². The molecule has 1 fully saturated rings. The molecule has 34 heavy (non-hydrogen) atoms. The number of rotatable bonds is 6. The first-order valence-electron chi connectivity index (χ1n) is 12.6. The van der Waals surface area contributed by atoms with E-state index in [0.29, 0.717) is 18.9 Å². The van der Waals surface area contributed by atoms with Crippen molar-refractivity contribution in [3.63, 3.8) is 0 Å². The van der Waals surface area contributed by atoms with Crippen molar-refractivity contribution in [1.82, 2.24) is 19.8 Å². The van der Waals surface area contributed by atoms with Gasteiger partial charge >= 0.3 is 0 Å². The number of fused-ring (bicyclic) bond motifs is 3. The fraction of sp³-hybridized carbons (Fsp3) is 0.519. The summed E-state index contributed by atoms with van der Waals surface area (Å²) >= 11 is 1.70. The summed E-state index contributed by atoms with van der Waals surface area (Å²) in [6.45, 7) is 8.07. The van der Waals surface area contributed by atoms with E-state index in [1.54, 1.807) is 11.3 Å². The number of benzene rings is 1. The van der Waals surface area contributed by atoms with Gasteiger partial charge in [0.1, 0.15) is 10.7 Å². The highest BCUT2D eigenvalue weighted by Crippen LogP contribution is 2.33. The minimum Gasteiger partial charge on any atom is -0.340 e. The average molecular weight is 479 g/mol. The van der Waals surface area contributed by atoms with E-state index in [4.69, 9.17) is 4.98 Å². The molecular weight excluding hydrogens is 444 g/mol. The first kappa shape index (κ1) is 23.2. The van der Waals surface area contributed by atoms with Crippen LogP contribution in [-0.2, 0) is 30.6 Å². The zero-order chi connectivity index (χ0) is 23.7. The van der Waals surface area contributed by atoms with E-state index < -0.39 is 0 Å². The lowest BCUT2D eigenvalue weighted by Gasteiger charge is -2.34. The van der Waals surface area contributed by atoms with Crippen molar-refractivity contribution in [3.8, 4) is 0 Å². The maximum atomic E-state index is 12.8. The van der Waals surface area contributed by atoms with Crippen LogP contribution in [0.25, 0.3) is 10.2 Å². The van der Waals surface area contributed by atoms with E-state index >= 15 is 0 Å². The second kappa shape index (κ2) is 10.0. The summed E-state index contributed by atoms with van der Waals surface area (Å²) in [5.74, 6) is 1.49. The lowest BCUT2D eigenvalue weighted by atomic mass is 9.97. The zero-order valence-electron chi connectivity index (χ0n) is 20.2. The van der Waals surface area contributed by atoms with E-state index in [1.807, 2.05) is 4.90 Å². The zero-order valence-corrected chi connectivity index (χ0v) is 21.0. The Hall–Kier alpha value is -2.51. The Morgan fingerprint density at radius 1 is 1.09 bits per heavy atom. The number of piperazine rings is 1. The minimum atomic E-state index is 0.00893. The number of amides is 1. The highest BCUT2D eigenvalue weighted by atomic mass is 32.1. The predicted molar refractivity (Wildman–Crippen MR) is 138 cm³/mol. The number of nitrogens with zero attached hydrogens (tertiary/aromatic N) is 3. The molecule has 1 saturated heterocycles. The summed E-state index contributed by atoms with van der Waals surface area (Å²) in [5.41, 5.74) is 3.79. The number of carbonyl (C=O) groups is 1. The third-order valence-electron chi connectivity index (χ3n) is 7.25. The van der Waals surface area contributed by atoms with Crippen LogP contribution in [0.3, 0.4) is 0 Å². The van der Waals surface area contributed by atoms with Gasteiger partial charge in [-0.2, -0.15) is 0 Å². The highest BCUT2D eigenvalue weighted by molar-refractivity contribution is 7.18. The first-order chi connectivity index (χ1) is 16.5. The highest BCUT2D eigenvalue weighted by Gasteiger charge is 2.23. The summed E-state index contributed by atoms with van der Waals surface area (Å²) in [4.78, 5) is 39.9. The van der Waals surface area contributed by atoms with Crippen molar-refractivity contribution in [2.75, 3.05) is 26.2 Å². The normalized spacial score (nSPS) is 16.9. The van der Waals surface area contributed by atoms with Gasteiger partial charge in [-0.05, 0) is 54.7 Å². The number of aryl methyl sites for hydroxylation is 3. The molecule has 1 aromatic carbocycles. The fourth-order valence-corrected chi connectivity index (χ4v) is 6.41. The Kier molecular flexibility index (Phi) is 6.84. The molecule has 3 aromatic rings. The smallest absolute Gasteiger partial charge is 0.259 e. The molecule has 0 spiro atoms. The number of aromatic nitrogens is 2. The summed E-state index contributed by atoms with van der Waals surface area (Å²) < 4.78 is 0. The largest absolute Gasteiger partial charge is 0.340 e. The van der Waals surface area contributed by atoms with E-state index in [2.05, 4.69) is 48.0 Å². The SMILES string of the molecule is CC(C)c1ccc(CCC(=O)N2CCN(Cc3nc4sc5c(c4c(=O)[nH]3)CCCC5)CC2)cc1. The maximum Gasteiger partial charge on any atom is 0.259 e. The molecule has 0 unspecified atom stereocenters. The van der Waals surface area contributed by atoms with Crippen molar-refractivity contribution in [1.29, 1.82) is 0 Å². The molecule has 2 aromatic heterocycles. The maximum absolute atomic E-state index is 12.8. The van der Waals surface area contributed by atoms with Crippen LogP contribution in [0.15, 0.2) is 29.1 Å². The van der Waals surface area contributed by atoms with Gasteiger partial charge in [0.25, 0.3) is 5.56 Å². The number of hydrogen-bond acceptors (Lipinski definition) is 5. The Bertz CT molecular complexity index is 1220. The summed E-state index contributed by atoms with van der Waals surface area (Å²) in [6.07, 6.45) is 5.78. The number of H-pyrrole nitrogens is 1. The predicted octanol–water partition coefficient (Wildman–Crippen LogP) is 4.26. The van der Waals surface area contributed by atoms with Crippen LogP contribution in [0.5, 0.6) is 0 Å². The van der Waals surface area contributed by atoms with Crippen LogP contribution < -0.4 is 5.56 Å². The van der Waals surface area contributed by atoms with E-state index in [0.717, 1.165) is 67.9 Å². The Morgan fingerprint density at radius 2 is 1.82 bits per heavy atom. The van der Waals surface area contributed by atoms with Crippen LogP contribution in [0, 0.1) is 0 Å². The molecule has 6 nitrogen and oxygen atoms in total. The van der Waals surface area contributed by atoms with Crippen LogP contribution in [0.4, 0.5) is 0 Å². The molecule has 1 amide bonds. The lowest BCUT2D eigenvalue weighted by molar-refractivity contribution is -0.133. The van der Waals surface area contributed by atoms with Gasteiger partial charge in [-0.1, -0.05) is 38.1 Å². The van der Waals surface area contributed by atoms with Gasteiger partial charge in [-0.25, -0.2) is 4.98 Å². The van der Waals surface area contributed by atoms with E-state index in [9.17, 15) is 9.59 Å². The summed E-state index contributed by atoms with van der Waals surface area (Å²) in [5, 5.41) is 0.817. The topological polar surface area (TPSA) is 69.3 Å². The third kappa shape index (κ3) is 4.96. The molecule has 1 N–H and O–H groups in total. The second-order valence-corrected chi connectivity index (χ2v) is 11.0. The summed E-state index contributed by atoms with van der Waals surface area (Å²) in [6, 6.07) is 8.64. The standard InChI is InChI=1S/C27H34N4O2S/c1-18(2)20-10-7-19(8-11-20)9-12-24(32)31-15-13-30(14-16-31)17-23-28-26(33)25-21-5-3-4-6-22(21)34-27(25)29-23/h7-8,10-11,18H,3-6,9,12-17H2,1-2H3,(H,28,29,33). The molecule has 3 heterocycles.